The molecule has 0 spiro atoms. The highest BCUT2D eigenvalue weighted by molar-refractivity contribution is 5.88. The second-order valence-corrected chi connectivity index (χ2v) is 5.95. The standard InChI is InChI=1S/C14H22O/c15-14-12-8-10(12)6-4-2-1-3-5-7-11-9-13(11)14/h10-13H,1-9H2/t10-,11+,12-,13-/m0/s1. The predicted octanol–water partition coefficient (Wildman–Crippen LogP) is 3.57. The fourth-order valence-corrected chi connectivity index (χ4v) is 3.45. The Balaban J connectivity index is 1.58. The topological polar surface area (TPSA) is 17.1 Å². The molecule has 0 aliphatic heterocycles. The highest BCUT2D eigenvalue weighted by Crippen LogP contribution is 2.52. The van der Waals surface area contributed by atoms with Gasteiger partial charge in [0.25, 0.3) is 0 Å². The Labute approximate surface area is 92.6 Å². The van der Waals surface area contributed by atoms with Crippen molar-refractivity contribution >= 4 is 5.78 Å². The second-order valence-electron chi connectivity index (χ2n) is 5.95. The molecule has 1 nitrogen and oxygen atoms in total. The molecule has 0 aromatic heterocycles. The monoisotopic (exact) mass is 206 g/mol. The maximum Gasteiger partial charge on any atom is 0.139 e. The number of carbonyl (C=O) groups excluding carboxylic acids is 1. The lowest BCUT2D eigenvalue weighted by molar-refractivity contribution is -0.122. The van der Waals surface area contributed by atoms with E-state index < -0.39 is 0 Å². The van der Waals surface area contributed by atoms with Gasteiger partial charge in [-0.2, -0.15) is 0 Å². The van der Waals surface area contributed by atoms with E-state index in [1.165, 1.54) is 57.8 Å². The molecule has 0 N–H and O–H groups in total. The van der Waals surface area contributed by atoms with Crippen molar-refractivity contribution in [2.75, 3.05) is 0 Å². The average molecular weight is 206 g/mol. The first-order chi connectivity index (χ1) is 7.36. The first kappa shape index (κ1) is 9.86. The van der Waals surface area contributed by atoms with Crippen molar-refractivity contribution in [2.24, 2.45) is 23.7 Å². The zero-order chi connectivity index (χ0) is 10.3. The summed E-state index contributed by atoms with van der Waals surface area (Å²) in [6.07, 6.45) is 12.2. The van der Waals surface area contributed by atoms with Crippen molar-refractivity contribution in [3.8, 4) is 0 Å². The Bertz CT molecular complexity index is 234. The van der Waals surface area contributed by atoms with Crippen molar-refractivity contribution in [2.45, 2.75) is 57.8 Å². The maximum atomic E-state index is 12.0. The predicted molar refractivity (Wildman–Crippen MR) is 60.5 cm³/mol. The normalized spacial score (nSPS) is 45.7. The van der Waals surface area contributed by atoms with E-state index in [2.05, 4.69) is 0 Å². The molecule has 0 aromatic rings. The molecule has 0 saturated heterocycles. The molecule has 3 saturated carbocycles. The number of Topliss-reactive ketones (excluding diaryl/α,β-unsaturated/α-hetero) is 1. The molecule has 3 fully saturated rings. The van der Waals surface area contributed by atoms with Crippen LogP contribution in [0.4, 0.5) is 0 Å². The van der Waals surface area contributed by atoms with Gasteiger partial charge in [-0.25, -0.2) is 0 Å². The van der Waals surface area contributed by atoms with Crippen LogP contribution in [0.25, 0.3) is 0 Å². The fraction of sp³-hybridized carbons (Fsp3) is 0.929. The highest BCUT2D eigenvalue weighted by atomic mass is 16.1. The average Bonchev–Trinajstić information content (AvgIpc) is 3.09. The maximum absolute atomic E-state index is 12.0. The van der Waals surface area contributed by atoms with Gasteiger partial charge >= 0.3 is 0 Å². The zero-order valence-electron chi connectivity index (χ0n) is 9.58. The van der Waals surface area contributed by atoms with Gasteiger partial charge in [-0.3, -0.25) is 4.79 Å². The highest BCUT2D eigenvalue weighted by Gasteiger charge is 2.51. The second kappa shape index (κ2) is 3.92. The van der Waals surface area contributed by atoms with E-state index in [1.54, 1.807) is 0 Å². The quantitative estimate of drug-likeness (QED) is 0.592. The number of fused-ring (bicyclic) bond motifs is 2. The summed E-state index contributed by atoms with van der Waals surface area (Å²) >= 11 is 0. The van der Waals surface area contributed by atoms with Crippen LogP contribution in [-0.4, -0.2) is 5.78 Å². The van der Waals surface area contributed by atoms with Gasteiger partial charge in [0.1, 0.15) is 5.78 Å². The van der Waals surface area contributed by atoms with Crippen molar-refractivity contribution in [3.05, 3.63) is 0 Å². The van der Waals surface area contributed by atoms with Crippen molar-refractivity contribution < 1.29 is 4.79 Å². The number of hydrogen-bond acceptors (Lipinski definition) is 1. The third-order valence-corrected chi connectivity index (χ3v) is 4.73. The van der Waals surface area contributed by atoms with Crippen LogP contribution in [0.1, 0.15) is 57.8 Å². The van der Waals surface area contributed by atoms with Crippen LogP contribution in [0.2, 0.25) is 0 Å². The minimum absolute atomic E-state index is 0.513. The Morgan fingerprint density at radius 2 is 1.20 bits per heavy atom. The molecule has 4 atom stereocenters. The summed E-state index contributed by atoms with van der Waals surface area (Å²) in [6, 6.07) is 0. The van der Waals surface area contributed by atoms with Gasteiger partial charge in [-0.1, -0.05) is 32.1 Å². The summed E-state index contributed by atoms with van der Waals surface area (Å²) in [5.74, 6) is 3.29. The lowest BCUT2D eigenvalue weighted by Crippen LogP contribution is -2.07. The van der Waals surface area contributed by atoms with Gasteiger partial charge in [0.15, 0.2) is 0 Å². The summed E-state index contributed by atoms with van der Waals surface area (Å²) in [4.78, 5) is 12.0. The summed E-state index contributed by atoms with van der Waals surface area (Å²) in [7, 11) is 0. The molecule has 0 heterocycles. The molecule has 0 bridgehead atoms. The van der Waals surface area contributed by atoms with Gasteiger partial charge in [-0.15, -0.1) is 0 Å². The summed E-state index contributed by atoms with van der Waals surface area (Å²) < 4.78 is 0. The van der Waals surface area contributed by atoms with E-state index in [-0.39, 0.29) is 0 Å². The first-order valence-corrected chi connectivity index (χ1v) is 6.90. The molecule has 15 heavy (non-hydrogen) atoms. The van der Waals surface area contributed by atoms with Crippen molar-refractivity contribution in [1.29, 1.82) is 0 Å². The van der Waals surface area contributed by atoms with Gasteiger partial charge < -0.3 is 0 Å². The molecule has 0 radical (unpaired) electrons. The zero-order valence-corrected chi connectivity index (χ0v) is 9.58. The van der Waals surface area contributed by atoms with E-state index in [1.807, 2.05) is 0 Å². The Morgan fingerprint density at radius 3 is 1.73 bits per heavy atom. The molecule has 3 rings (SSSR count). The SMILES string of the molecule is O=C1[C@H]2C[C@H]2CCCCCCC[C@H]2C[C@H]12. The van der Waals surface area contributed by atoms with E-state index in [0.717, 1.165) is 11.8 Å². The number of ketones is 1. The third-order valence-electron chi connectivity index (χ3n) is 4.73. The van der Waals surface area contributed by atoms with Crippen molar-refractivity contribution in [3.63, 3.8) is 0 Å². The Morgan fingerprint density at radius 1 is 0.733 bits per heavy atom. The van der Waals surface area contributed by atoms with Crippen molar-refractivity contribution in [1.82, 2.24) is 0 Å². The van der Waals surface area contributed by atoms with Crippen LogP contribution >= 0.6 is 0 Å². The fourth-order valence-electron chi connectivity index (χ4n) is 3.45. The first-order valence-electron chi connectivity index (χ1n) is 6.90. The largest absolute Gasteiger partial charge is 0.299 e. The van der Waals surface area contributed by atoms with Crippen LogP contribution < -0.4 is 0 Å². The summed E-state index contributed by atoms with van der Waals surface area (Å²) in [5.41, 5.74) is 0. The number of hydrogen-bond donors (Lipinski definition) is 0. The third kappa shape index (κ3) is 2.11. The molecule has 0 aromatic carbocycles. The van der Waals surface area contributed by atoms with Gasteiger partial charge in [0.05, 0.1) is 0 Å². The molecule has 3 aliphatic carbocycles. The molecular weight excluding hydrogens is 184 g/mol. The molecule has 84 valence electrons. The lowest BCUT2D eigenvalue weighted by atomic mass is 10.0. The molecule has 0 unspecified atom stereocenters. The molecule has 3 aliphatic rings. The van der Waals surface area contributed by atoms with Gasteiger partial charge in [-0.05, 0) is 37.5 Å². The van der Waals surface area contributed by atoms with Crippen LogP contribution in [-0.2, 0) is 4.79 Å². The van der Waals surface area contributed by atoms with Gasteiger partial charge in [0.2, 0.25) is 0 Å². The van der Waals surface area contributed by atoms with Crippen LogP contribution in [0.3, 0.4) is 0 Å². The number of carbonyl (C=O) groups is 1. The molecular formula is C14H22O. The van der Waals surface area contributed by atoms with E-state index in [4.69, 9.17) is 0 Å². The van der Waals surface area contributed by atoms with Crippen LogP contribution in [0, 0.1) is 23.7 Å². The summed E-state index contributed by atoms with van der Waals surface area (Å²) in [6.45, 7) is 0. The molecule has 0 amide bonds. The molecule has 1 heteroatoms. The Kier molecular flexibility index (Phi) is 2.58. The van der Waals surface area contributed by atoms with E-state index in [0.29, 0.717) is 17.6 Å². The van der Waals surface area contributed by atoms with E-state index >= 15 is 0 Å². The number of rotatable bonds is 0. The van der Waals surface area contributed by atoms with Crippen LogP contribution in [0.5, 0.6) is 0 Å². The van der Waals surface area contributed by atoms with E-state index in [9.17, 15) is 4.79 Å². The minimum Gasteiger partial charge on any atom is -0.299 e. The smallest absolute Gasteiger partial charge is 0.139 e. The summed E-state index contributed by atoms with van der Waals surface area (Å²) in [5, 5.41) is 0. The minimum atomic E-state index is 0.513. The Hall–Kier alpha value is -0.330. The van der Waals surface area contributed by atoms with Crippen LogP contribution in [0.15, 0.2) is 0 Å². The lowest BCUT2D eigenvalue weighted by Gasteiger charge is -2.04. The van der Waals surface area contributed by atoms with Gasteiger partial charge in [0, 0.05) is 11.8 Å².